The molecule has 75 heavy (non-hydrogen) atoms. The Labute approximate surface area is 454 Å². The van der Waals surface area contributed by atoms with E-state index in [1.54, 1.807) is 91.0 Å². The van der Waals surface area contributed by atoms with Crippen LogP contribution in [0.1, 0.15) is 45.6 Å². The molecule has 8 nitrogen and oxygen atoms in total. The number of esters is 4. The maximum absolute atomic E-state index is 15.2. The Morgan fingerprint density at radius 1 is 0.453 bits per heavy atom. The fourth-order valence-electron chi connectivity index (χ4n) is 8.32. The van der Waals surface area contributed by atoms with Gasteiger partial charge in [-0.05, 0) is 147 Å². The smallest absolute Gasteiger partial charge is 0.416 e. The number of rotatable bonds is 15. The number of hydrogen-bond acceptors (Lipinski definition) is 8. The number of halogens is 8. The maximum Gasteiger partial charge on any atom is 0.416 e. The van der Waals surface area contributed by atoms with Crippen LogP contribution in [0.5, 0.6) is 5.75 Å². The van der Waals surface area contributed by atoms with Crippen molar-refractivity contribution in [2.24, 2.45) is 0 Å². The van der Waals surface area contributed by atoms with Crippen molar-refractivity contribution in [1.29, 1.82) is 0 Å². The van der Waals surface area contributed by atoms with Crippen molar-refractivity contribution >= 4 is 81.9 Å². The highest BCUT2D eigenvalue weighted by atomic mass is 35.5. The summed E-state index contributed by atoms with van der Waals surface area (Å²) in [4.78, 5) is 58.4. The first-order valence-electron chi connectivity index (χ1n) is 22.8. The van der Waals surface area contributed by atoms with Crippen LogP contribution in [0.15, 0.2) is 170 Å². The molecule has 0 radical (unpaired) electrons. The summed E-state index contributed by atoms with van der Waals surface area (Å²) in [7, 11) is 1.52. The number of carbonyl (C=O) groups excluding carboxylic acids is 4. The third-order valence-corrected chi connectivity index (χ3v) is 13.2. The van der Waals surface area contributed by atoms with Gasteiger partial charge in [-0.3, -0.25) is 9.59 Å². The fraction of sp³-hybridized carbons (Fsp3) is 0.119. The minimum absolute atomic E-state index is 0.0265. The van der Waals surface area contributed by atoms with Crippen LogP contribution in [0.2, 0.25) is 25.1 Å². The van der Waals surface area contributed by atoms with Crippen molar-refractivity contribution in [3.8, 4) is 50.3 Å². The van der Waals surface area contributed by atoms with Crippen LogP contribution in [0.4, 0.5) is 13.2 Å². The third-order valence-electron chi connectivity index (χ3n) is 12.0. The molecule has 0 bridgehead atoms. The van der Waals surface area contributed by atoms with Gasteiger partial charge in [0.1, 0.15) is 5.75 Å². The van der Waals surface area contributed by atoms with Crippen molar-refractivity contribution in [3.05, 3.63) is 228 Å². The van der Waals surface area contributed by atoms with E-state index in [-0.39, 0.29) is 37.3 Å². The van der Waals surface area contributed by atoms with Gasteiger partial charge in [-0.1, -0.05) is 148 Å². The molecular formula is C59H40Cl5F3O8. The maximum atomic E-state index is 15.2. The van der Waals surface area contributed by atoms with Gasteiger partial charge in [0.25, 0.3) is 0 Å². The molecule has 0 aliphatic carbocycles. The number of benzene rings is 8. The molecule has 0 saturated heterocycles. The number of methoxy groups -OCH3 is 1. The van der Waals surface area contributed by atoms with Crippen LogP contribution in [0.3, 0.4) is 0 Å². The second-order valence-electron chi connectivity index (χ2n) is 17.1. The molecular weight excluding hydrogens is 1070 g/mol. The molecule has 16 heteroatoms. The number of aryl methyl sites for hydroxylation is 1. The molecule has 0 fully saturated rings. The normalized spacial score (nSPS) is 12.1. The molecule has 8 aromatic carbocycles. The van der Waals surface area contributed by atoms with Crippen LogP contribution in [-0.4, -0.2) is 31.0 Å². The highest BCUT2D eigenvalue weighted by Crippen LogP contribution is 2.40. The molecule has 380 valence electrons. The van der Waals surface area contributed by atoms with Crippen molar-refractivity contribution < 1.29 is 51.3 Å². The number of alkyl halides is 3. The summed E-state index contributed by atoms with van der Waals surface area (Å²) < 4.78 is 64.4. The number of hydrogen-bond donors (Lipinski definition) is 0. The monoisotopic (exact) mass is 1110 g/mol. The largest absolute Gasteiger partial charge is 0.497 e. The molecule has 0 saturated carbocycles. The van der Waals surface area contributed by atoms with Gasteiger partial charge in [-0.2, -0.15) is 13.2 Å². The summed E-state index contributed by atoms with van der Waals surface area (Å²) >= 11 is 32.3. The van der Waals surface area contributed by atoms with Crippen molar-refractivity contribution in [2.45, 2.75) is 38.1 Å². The highest BCUT2D eigenvalue weighted by molar-refractivity contribution is 6.32. The molecule has 0 aromatic heterocycles. The van der Waals surface area contributed by atoms with E-state index < -0.39 is 60.7 Å². The average Bonchev–Trinajstić information content (AvgIpc) is 3.37. The molecule has 0 amide bonds. The Kier molecular flexibility index (Phi) is 17.0. The molecule has 0 heterocycles. The molecule has 0 spiro atoms. The second-order valence-corrected chi connectivity index (χ2v) is 19.3. The van der Waals surface area contributed by atoms with Crippen LogP contribution >= 0.6 is 58.0 Å². The van der Waals surface area contributed by atoms with Gasteiger partial charge in [0.15, 0.2) is 0 Å². The van der Waals surface area contributed by atoms with E-state index in [0.717, 1.165) is 23.3 Å². The topological polar surface area (TPSA) is 105 Å². The fourth-order valence-corrected chi connectivity index (χ4v) is 9.20. The standard InChI is InChI=1S/C59H40Cl5F3O8/c1-33-3-5-34(6-4-33)47-23-17-43(62)28-39(47)30-54(69)74-57(70)56(52-32-45(64)20-26-50(52)37-9-15-41(60)16-10-37)75-58(71)55(51-31-44(63)19-25-49(51)36-7-13-40(14-8-36)59(65,66)67)73-53(68)29-38-27-42(61)18-24-48(38)35-11-21-46(72-2)22-12-35/h3-28,31-32,55-56H,29-30H2,1-2H3. The number of carbonyl (C=O) groups is 4. The van der Waals surface area contributed by atoms with Crippen LogP contribution in [0, 0.1) is 6.92 Å². The third kappa shape index (κ3) is 13.4. The minimum Gasteiger partial charge on any atom is -0.497 e. The zero-order valence-electron chi connectivity index (χ0n) is 39.5. The number of ether oxygens (including phenoxy) is 4. The molecule has 8 rings (SSSR count). The molecule has 2 unspecified atom stereocenters. The predicted molar refractivity (Wildman–Crippen MR) is 285 cm³/mol. The van der Waals surface area contributed by atoms with Crippen molar-refractivity contribution in [2.75, 3.05) is 7.11 Å². The first kappa shape index (κ1) is 54.2. The van der Waals surface area contributed by atoms with E-state index in [9.17, 15) is 27.6 Å². The Morgan fingerprint density at radius 2 is 0.840 bits per heavy atom. The molecule has 8 aromatic rings. The quantitative estimate of drug-likeness (QED) is 0.0568. The summed E-state index contributed by atoms with van der Waals surface area (Å²) in [6.45, 7) is 1.93. The first-order chi connectivity index (χ1) is 35.8. The lowest BCUT2D eigenvalue weighted by Gasteiger charge is -2.25. The SMILES string of the molecule is COc1ccc(-c2ccc(Cl)cc2CC(=O)OC(C(=O)OC(C(=O)OC(=O)Cc2cc(Cl)ccc2-c2ccc(C)cc2)c2cc(Cl)ccc2-c2ccc(Cl)cc2)c2cc(Cl)ccc2-c2ccc(C(F)(F)F)cc2)cc1. The zero-order valence-corrected chi connectivity index (χ0v) is 43.3. The Morgan fingerprint density at radius 3 is 1.32 bits per heavy atom. The average molecular weight is 1110 g/mol. The Balaban J connectivity index is 1.21. The van der Waals surface area contributed by atoms with Gasteiger partial charge in [0, 0.05) is 36.2 Å². The van der Waals surface area contributed by atoms with E-state index >= 15 is 4.79 Å². The lowest BCUT2D eigenvalue weighted by Crippen LogP contribution is -2.30. The molecule has 0 N–H and O–H groups in total. The van der Waals surface area contributed by atoms with Gasteiger partial charge in [0.05, 0.1) is 25.5 Å². The molecule has 2 atom stereocenters. The van der Waals surface area contributed by atoms with Gasteiger partial charge in [-0.25, -0.2) is 9.59 Å². The van der Waals surface area contributed by atoms with Gasteiger partial charge >= 0.3 is 30.1 Å². The van der Waals surface area contributed by atoms with Crippen molar-refractivity contribution in [1.82, 2.24) is 0 Å². The predicted octanol–water partition coefficient (Wildman–Crippen LogP) is 16.4. The highest BCUT2D eigenvalue weighted by Gasteiger charge is 2.38. The first-order valence-corrected chi connectivity index (χ1v) is 24.7. The van der Waals surface area contributed by atoms with Crippen LogP contribution in [-0.2, 0) is 52.4 Å². The summed E-state index contributed by atoms with van der Waals surface area (Å²) in [5.41, 5.74) is 4.35. The summed E-state index contributed by atoms with van der Waals surface area (Å²) in [6.07, 6.45) is -9.82. The van der Waals surface area contributed by atoms with E-state index in [1.165, 1.54) is 49.6 Å². The van der Waals surface area contributed by atoms with Gasteiger partial charge in [0.2, 0.25) is 12.2 Å². The molecule has 0 aliphatic heterocycles. The zero-order chi connectivity index (χ0) is 53.6. The Hall–Kier alpha value is -7.12. The van der Waals surface area contributed by atoms with E-state index in [0.29, 0.717) is 54.7 Å². The van der Waals surface area contributed by atoms with Gasteiger partial charge in [-0.15, -0.1) is 0 Å². The minimum atomic E-state index is -4.68. The summed E-state index contributed by atoms with van der Waals surface area (Å²) in [5, 5.41) is 1.08. The van der Waals surface area contributed by atoms with Gasteiger partial charge < -0.3 is 18.9 Å². The Bertz CT molecular complexity index is 3420. The lowest BCUT2D eigenvalue weighted by molar-refractivity contribution is -0.182. The second kappa shape index (κ2) is 23.6. The molecule has 0 aliphatic rings. The van der Waals surface area contributed by atoms with Crippen LogP contribution < -0.4 is 4.74 Å². The van der Waals surface area contributed by atoms with Crippen LogP contribution in [0.25, 0.3) is 44.5 Å². The summed E-state index contributed by atoms with van der Waals surface area (Å²) in [5.74, 6) is -4.22. The van der Waals surface area contributed by atoms with Crippen molar-refractivity contribution in [3.63, 3.8) is 0 Å². The summed E-state index contributed by atoms with van der Waals surface area (Å²) in [6, 6.07) is 43.4. The van der Waals surface area contributed by atoms with E-state index in [1.807, 2.05) is 31.2 Å². The van der Waals surface area contributed by atoms with E-state index in [4.69, 9.17) is 77.0 Å². The van der Waals surface area contributed by atoms with E-state index in [2.05, 4.69) is 0 Å². The lowest BCUT2D eigenvalue weighted by atomic mass is 9.94.